The maximum Gasteiger partial charge on any atom is 0.228 e. The smallest absolute Gasteiger partial charge is 0.228 e. The molecule has 4 nitrogen and oxygen atoms in total. The lowest BCUT2D eigenvalue weighted by molar-refractivity contribution is -0.134. The van der Waals surface area contributed by atoms with Crippen LogP contribution >= 0.6 is 0 Å². The Labute approximate surface area is 75.1 Å². The van der Waals surface area contributed by atoms with Gasteiger partial charge in [0.1, 0.15) is 0 Å². The van der Waals surface area contributed by atoms with E-state index in [1.165, 1.54) is 6.07 Å². The highest BCUT2D eigenvalue weighted by Gasteiger charge is 2.27. The maximum absolute atomic E-state index is 10.5. The summed E-state index contributed by atoms with van der Waals surface area (Å²) in [6, 6.07) is 6.66. The van der Waals surface area contributed by atoms with E-state index in [-0.39, 0.29) is 17.9 Å². The normalized spacial score (nSPS) is 20.3. The zero-order chi connectivity index (χ0) is 9.26. The molecular weight excluding hydrogens is 170 g/mol. The Morgan fingerprint density at radius 1 is 1.46 bits per heavy atom. The van der Waals surface area contributed by atoms with Crippen molar-refractivity contribution in [2.45, 2.75) is 12.6 Å². The van der Waals surface area contributed by atoms with E-state index < -0.39 is 0 Å². The Bertz CT molecular complexity index is 329. The molecule has 13 heavy (non-hydrogen) atoms. The van der Waals surface area contributed by atoms with Crippen molar-refractivity contribution in [2.24, 2.45) is 0 Å². The zero-order valence-corrected chi connectivity index (χ0v) is 6.86. The van der Waals surface area contributed by atoms with Crippen LogP contribution in [0.4, 0.5) is 0 Å². The largest absolute Gasteiger partial charge is 0.504 e. The van der Waals surface area contributed by atoms with Crippen molar-refractivity contribution in [3.63, 3.8) is 0 Å². The molecule has 1 amide bonds. The van der Waals surface area contributed by atoms with Crippen LogP contribution in [0.15, 0.2) is 24.3 Å². The van der Waals surface area contributed by atoms with E-state index in [4.69, 9.17) is 4.74 Å². The predicted octanol–water partition coefficient (Wildman–Crippen LogP) is 0.617. The monoisotopic (exact) mass is 179 g/mol. The Morgan fingerprint density at radius 3 is 2.77 bits per heavy atom. The summed E-state index contributed by atoms with van der Waals surface area (Å²) in [4.78, 5) is 10.5. The summed E-state index contributed by atoms with van der Waals surface area (Å²) in [6.45, 7) is 0. The number of ether oxygens (including phenoxy) is 1. The van der Waals surface area contributed by atoms with Gasteiger partial charge in [-0.15, -0.1) is 0 Å². The Hall–Kier alpha value is -1.71. The van der Waals surface area contributed by atoms with Crippen LogP contribution in [0.1, 0.15) is 6.42 Å². The first kappa shape index (κ1) is 7.91. The second kappa shape index (κ2) is 2.97. The second-order valence-corrected chi connectivity index (χ2v) is 2.85. The molecule has 1 fully saturated rings. The minimum absolute atomic E-state index is 0.0274. The van der Waals surface area contributed by atoms with Crippen molar-refractivity contribution in [1.82, 2.24) is 5.32 Å². The minimum Gasteiger partial charge on any atom is -0.504 e. The highest BCUT2D eigenvalue weighted by molar-refractivity contribution is 5.82. The van der Waals surface area contributed by atoms with E-state index in [1.54, 1.807) is 18.2 Å². The number of carbonyl (C=O) groups excluding carboxylic acids is 1. The number of hydrogen-bond donors (Lipinski definition) is 2. The molecule has 0 spiro atoms. The van der Waals surface area contributed by atoms with Crippen molar-refractivity contribution in [3.8, 4) is 11.5 Å². The lowest BCUT2D eigenvalue weighted by atomic mass is 10.2. The molecule has 1 aromatic rings. The lowest BCUT2D eigenvalue weighted by Crippen LogP contribution is -2.51. The van der Waals surface area contributed by atoms with E-state index in [0.717, 1.165) is 0 Å². The first-order valence-corrected chi connectivity index (χ1v) is 4.00. The van der Waals surface area contributed by atoms with Gasteiger partial charge < -0.3 is 15.2 Å². The number of nitrogens with one attached hydrogen (secondary N) is 1. The van der Waals surface area contributed by atoms with Crippen LogP contribution in [-0.4, -0.2) is 17.2 Å². The lowest BCUT2D eigenvalue weighted by Gasteiger charge is -2.27. The average molecular weight is 179 g/mol. The molecule has 0 bridgehead atoms. The van der Waals surface area contributed by atoms with E-state index >= 15 is 0 Å². The molecule has 1 saturated heterocycles. The number of hydrogen-bond acceptors (Lipinski definition) is 3. The van der Waals surface area contributed by atoms with Gasteiger partial charge in [0, 0.05) is 0 Å². The van der Waals surface area contributed by atoms with Crippen molar-refractivity contribution >= 4 is 5.91 Å². The SMILES string of the molecule is O=C1CC(Oc2ccccc2O)N1. The number of benzene rings is 1. The van der Waals surface area contributed by atoms with Crippen molar-refractivity contribution in [3.05, 3.63) is 24.3 Å². The summed E-state index contributed by atoms with van der Waals surface area (Å²) >= 11 is 0. The second-order valence-electron chi connectivity index (χ2n) is 2.85. The van der Waals surface area contributed by atoms with E-state index in [9.17, 15) is 9.90 Å². The highest BCUT2D eigenvalue weighted by atomic mass is 16.5. The molecule has 1 heterocycles. The summed E-state index contributed by atoms with van der Waals surface area (Å²) in [7, 11) is 0. The number of phenols is 1. The van der Waals surface area contributed by atoms with Crippen LogP contribution in [0.2, 0.25) is 0 Å². The summed E-state index contributed by atoms with van der Waals surface area (Å²) in [5.41, 5.74) is 0. The molecule has 4 heteroatoms. The fraction of sp³-hybridized carbons (Fsp3) is 0.222. The Kier molecular flexibility index (Phi) is 1.81. The number of rotatable bonds is 2. The van der Waals surface area contributed by atoms with Gasteiger partial charge in [-0.2, -0.15) is 0 Å². The molecule has 0 aromatic heterocycles. The summed E-state index contributed by atoms with van der Waals surface area (Å²) in [5.74, 6) is 0.455. The molecule has 2 N–H and O–H groups in total. The molecule has 0 aliphatic carbocycles. The number of β-lactam (4-membered cyclic amide) rings is 1. The van der Waals surface area contributed by atoms with Gasteiger partial charge in [0.15, 0.2) is 17.7 Å². The first-order valence-electron chi connectivity index (χ1n) is 4.00. The number of phenolic OH excluding ortho intramolecular Hbond substituents is 1. The molecule has 1 aromatic carbocycles. The third-order valence-electron chi connectivity index (χ3n) is 1.83. The molecular formula is C9H9NO3. The average Bonchev–Trinajstić information content (AvgIpc) is 2.06. The minimum atomic E-state index is -0.291. The Morgan fingerprint density at radius 2 is 2.15 bits per heavy atom. The molecule has 2 rings (SSSR count). The standard InChI is InChI=1S/C9H9NO3/c11-6-3-1-2-4-7(6)13-9-5-8(12)10-9/h1-4,9,11H,5H2,(H,10,12). The van der Waals surface area contributed by atoms with Crippen LogP contribution in [0.25, 0.3) is 0 Å². The summed E-state index contributed by atoms with van der Waals surface area (Å²) in [5, 5.41) is 11.9. The van der Waals surface area contributed by atoms with E-state index in [2.05, 4.69) is 5.32 Å². The van der Waals surface area contributed by atoms with Gasteiger partial charge in [-0.3, -0.25) is 4.79 Å². The van der Waals surface area contributed by atoms with Crippen molar-refractivity contribution < 1.29 is 14.6 Å². The van der Waals surface area contributed by atoms with Crippen LogP contribution in [0.5, 0.6) is 11.5 Å². The predicted molar refractivity (Wildman–Crippen MR) is 45.3 cm³/mol. The van der Waals surface area contributed by atoms with Crippen molar-refractivity contribution in [2.75, 3.05) is 0 Å². The third kappa shape index (κ3) is 1.56. The van der Waals surface area contributed by atoms with Gasteiger partial charge in [0.25, 0.3) is 0 Å². The van der Waals surface area contributed by atoms with Crippen LogP contribution in [0, 0.1) is 0 Å². The molecule has 1 unspecified atom stereocenters. The number of aromatic hydroxyl groups is 1. The zero-order valence-electron chi connectivity index (χ0n) is 6.86. The van der Waals surface area contributed by atoms with Gasteiger partial charge in [-0.25, -0.2) is 0 Å². The first-order chi connectivity index (χ1) is 6.25. The van der Waals surface area contributed by atoms with Gasteiger partial charge in [0.2, 0.25) is 5.91 Å². The molecule has 0 saturated carbocycles. The number of para-hydroxylation sites is 2. The van der Waals surface area contributed by atoms with Gasteiger partial charge >= 0.3 is 0 Å². The van der Waals surface area contributed by atoms with Gasteiger partial charge in [-0.1, -0.05) is 12.1 Å². The number of carbonyl (C=O) groups is 1. The third-order valence-corrected chi connectivity index (χ3v) is 1.83. The van der Waals surface area contributed by atoms with Gasteiger partial charge in [-0.05, 0) is 12.1 Å². The molecule has 0 radical (unpaired) electrons. The van der Waals surface area contributed by atoms with E-state index in [0.29, 0.717) is 12.2 Å². The van der Waals surface area contributed by atoms with Crippen molar-refractivity contribution in [1.29, 1.82) is 0 Å². The number of amides is 1. The molecule has 1 aliphatic rings. The van der Waals surface area contributed by atoms with Crippen LogP contribution < -0.4 is 10.1 Å². The van der Waals surface area contributed by atoms with Crippen LogP contribution in [-0.2, 0) is 4.79 Å². The maximum atomic E-state index is 10.5. The Balaban J connectivity index is 2.02. The molecule has 1 atom stereocenters. The highest BCUT2D eigenvalue weighted by Crippen LogP contribution is 2.26. The van der Waals surface area contributed by atoms with Crippen LogP contribution in [0.3, 0.4) is 0 Å². The van der Waals surface area contributed by atoms with E-state index in [1.807, 2.05) is 0 Å². The van der Waals surface area contributed by atoms with Gasteiger partial charge in [0.05, 0.1) is 6.42 Å². The summed E-state index contributed by atoms with van der Waals surface area (Å²) in [6.07, 6.45) is 0.0646. The molecule has 1 aliphatic heterocycles. The fourth-order valence-electron chi connectivity index (χ4n) is 1.11. The molecule has 68 valence electrons. The fourth-order valence-corrected chi connectivity index (χ4v) is 1.11. The summed E-state index contributed by atoms with van der Waals surface area (Å²) < 4.78 is 5.27. The topological polar surface area (TPSA) is 58.6 Å². The quantitative estimate of drug-likeness (QED) is 0.654.